The van der Waals surface area contributed by atoms with E-state index in [0.717, 1.165) is 12.8 Å². The summed E-state index contributed by atoms with van der Waals surface area (Å²) in [4.78, 5) is 23.7. The van der Waals surface area contributed by atoms with Crippen molar-refractivity contribution < 1.29 is 4.79 Å². The third-order valence-corrected chi connectivity index (χ3v) is 5.74. The van der Waals surface area contributed by atoms with Crippen molar-refractivity contribution in [3.63, 3.8) is 0 Å². The maximum Gasteiger partial charge on any atom is 0.228 e. The number of piperidine rings is 1. The lowest BCUT2D eigenvalue weighted by molar-refractivity contribution is 0.0984. The van der Waals surface area contributed by atoms with Crippen LogP contribution in [0.15, 0.2) is 18.2 Å². The van der Waals surface area contributed by atoms with Gasteiger partial charge in [0.1, 0.15) is 11.5 Å². The van der Waals surface area contributed by atoms with Crippen molar-refractivity contribution in [2.75, 3.05) is 23.7 Å². The molecule has 0 unspecified atom stereocenters. The van der Waals surface area contributed by atoms with Crippen molar-refractivity contribution in [3.05, 3.63) is 33.9 Å². The van der Waals surface area contributed by atoms with E-state index in [2.05, 4.69) is 9.97 Å². The Morgan fingerprint density at radius 3 is 2.56 bits per heavy atom. The molecule has 2 aromatic rings. The minimum Gasteiger partial charge on any atom is -0.383 e. The van der Waals surface area contributed by atoms with Crippen molar-refractivity contribution in [2.24, 2.45) is 5.73 Å². The number of nitrogens with zero attached hydrogens (tertiary/aromatic N) is 3. The van der Waals surface area contributed by atoms with Crippen LogP contribution in [0.2, 0.25) is 10.0 Å². The summed E-state index contributed by atoms with van der Waals surface area (Å²) in [6, 6.07) is 5.19. The normalized spacial score (nSPS) is 16.4. The molecular formula is C19H23Cl2N5O. The predicted octanol–water partition coefficient (Wildman–Crippen LogP) is 3.94. The molecule has 0 aliphatic carbocycles. The molecule has 0 spiro atoms. The molecule has 0 radical (unpaired) electrons. The van der Waals surface area contributed by atoms with E-state index < -0.39 is 0 Å². The first-order valence-corrected chi connectivity index (χ1v) is 9.68. The van der Waals surface area contributed by atoms with Gasteiger partial charge in [-0.25, -0.2) is 4.98 Å². The number of anilines is 2. The zero-order valence-corrected chi connectivity index (χ0v) is 16.9. The van der Waals surface area contributed by atoms with E-state index in [-0.39, 0.29) is 22.8 Å². The average Bonchev–Trinajstić information content (AvgIpc) is 2.63. The van der Waals surface area contributed by atoms with Gasteiger partial charge < -0.3 is 16.4 Å². The van der Waals surface area contributed by atoms with Crippen molar-refractivity contribution >= 4 is 40.8 Å². The molecule has 3 rings (SSSR count). The molecule has 1 aliphatic rings. The Bertz CT molecular complexity index is 875. The molecule has 0 amide bonds. The molecule has 1 aromatic carbocycles. The number of halogens is 2. The van der Waals surface area contributed by atoms with Gasteiger partial charge in [-0.1, -0.05) is 42.3 Å². The molecule has 144 valence electrons. The smallest absolute Gasteiger partial charge is 0.228 e. The topological polar surface area (TPSA) is 98.1 Å². The number of nitrogens with two attached hydrogens (primary N) is 2. The standard InChI is InChI=1S/C19H23Cl2N5O/c1-3-13(27)16-14(11-5-4-6-12(20)15(11)21)17(22)25-18(24-16)26-9-7-19(2,23)8-10-26/h4-6H,3,7-10,23H2,1-2H3,(H2,22,24,25). The summed E-state index contributed by atoms with van der Waals surface area (Å²) in [7, 11) is 0. The lowest BCUT2D eigenvalue weighted by Crippen LogP contribution is -2.48. The second-order valence-corrected chi connectivity index (χ2v) is 7.94. The molecule has 1 saturated heterocycles. The summed E-state index contributed by atoms with van der Waals surface area (Å²) in [5.41, 5.74) is 13.5. The molecule has 2 heterocycles. The third kappa shape index (κ3) is 4.03. The molecule has 8 heteroatoms. The Balaban J connectivity index is 2.10. The van der Waals surface area contributed by atoms with Crippen LogP contribution in [0.1, 0.15) is 43.6 Å². The SMILES string of the molecule is CCC(=O)c1nc(N2CCC(C)(N)CC2)nc(N)c1-c1cccc(Cl)c1Cl. The molecular weight excluding hydrogens is 385 g/mol. The van der Waals surface area contributed by atoms with E-state index in [0.29, 0.717) is 46.6 Å². The fourth-order valence-corrected chi connectivity index (χ4v) is 3.55. The number of carbonyl (C=O) groups excluding carboxylic acids is 1. The van der Waals surface area contributed by atoms with Gasteiger partial charge in [-0.15, -0.1) is 0 Å². The quantitative estimate of drug-likeness (QED) is 0.744. The van der Waals surface area contributed by atoms with Crippen LogP contribution in [-0.4, -0.2) is 34.4 Å². The molecule has 0 atom stereocenters. The zero-order chi connectivity index (χ0) is 19.8. The minimum absolute atomic E-state index is 0.128. The van der Waals surface area contributed by atoms with Crippen LogP contribution in [0.25, 0.3) is 11.1 Å². The maximum atomic E-state index is 12.6. The summed E-state index contributed by atoms with van der Waals surface area (Å²) in [6.07, 6.45) is 1.92. The van der Waals surface area contributed by atoms with Crippen LogP contribution in [0.4, 0.5) is 11.8 Å². The highest BCUT2D eigenvalue weighted by atomic mass is 35.5. The van der Waals surface area contributed by atoms with E-state index in [4.69, 9.17) is 34.7 Å². The van der Waals surface area contributed by atoms with E-state index in [1.165, 1.54) is 0 Å². The summed E-state index contributed by atoms with van der Waals surface area (Å²) in [5, 5.41) is 0.704. The predicted molar refractivity (Wildman–Crippen MR) is 111 cm³/mol. The first-order chi connectivity index (χ1) is 12.7. The number of aromatic nitrogens is 2. The number of nitrogen functional groups attached to an aromatic ring is 1. The van der Waals surface area contributed by atoms with Crippen LogP contribution >= 0.6 is 23.2 Å². The monoisotopic (exact) mass is 407 g/mol. The van der Waals surface area contributed by atoms with Gasteiger partial charge in [0.05, 0.1) is 15.6 Å². The number of hydrogen-bond donors (Lipinski definition) is 2. The number of Topliss-reactive ketones (excluding diaryl/α,β-unsaturated/α-hetero) is 1. The van der Waals surface area contributed by atoms with Gasteiger partial charge in [-0.05, 0) is 25.8 Å². The molecule has 27 heavy (non-hydrogen) atoms. The van der Waals surface area contributed by atoms with E-state index in [1.807, 2.05) is 11.8 Å². The second-order valence-electron chi connectivity index (χ2n) is 7.15. The summed E-state index contributed by atoms with van der Waals surface area (Å²) < 4.78 is 0. The molecule has 1 aromatic heterocycles. The Morgan fingerprint density at radius 2 is 1.93 bits per heavy atom. The van der Waals surface area contributed by atoms with Crippen LogP contribution in [0.3, 0.4) is 0 Å². The Hall–Kier alpha value is -1.89. The Morgan fingerprint density at radius 1 is 1.26 bits per heavy atom. The molecule has 1 fully saturated rings. The van der Waals surface area contributed by atoms with Crippen LogP contribution in [0, 0.1) is 0 Å². The fourth-order valence-electron chi connectivity index (χ4n) is 3.16. The van der Waals surface area contributed by atoms with Crippen molar-refractivity contribution in [2.45, 2.75) is 38.6 Å². The van der Waals surface area contributed by atoms with Crippen molar-refractivity contribution in [1.82, 2.24) is 9.97 Å². The Labute approximate surface area is 168 Å². The third-order valence-electron chi connectivity index (χ3n) is 4.92. The highest BCUT2D eigenvalue weighted by Gasteiger charge is 2.29. The lowest BCUT2D eigenvalue weighted by atomic mass is 9.91. The maximum absolute atomic E-state index is 12.6. The summed E-state index contributed by atoms with van der Waals surface area (Å²) in [6.45, 7) is 5.24. The first kappa shape index (κ1) is 19.9. The average molecular weight is 408 g/mol. The van der Waals surface area contributed by atoms with Gasteiger partial charge in [-0.2, -0.15) is 4.98 Å². The highest BCUT2D eigenvalue weighted by Crippen LogP contribution is 2.38. The van der Waals surface area contributed by atoms with Crippen molar-refractivity contribution in [1.29, 1.82) is 0 Å². The molecule has 0 saturated carbocycles. The second kappa shape index (κ2) is 7.62. The molecule has 4 N–H and O–H groups in total. The lowest BCUT2D eigenvalue weighted by Gasteiger charge is -2.37. The molecule has 6 nitrogen and oxygen atoms in total. The largest absolute Gasteiger partial charge is 0.383 e. The van der Waals surface area contributed by atoms with Gasteiger partial charge in [0, 0.05) is 30.6 Å². The number of benzene rings is 1. The van der Waals surface area contributed by atoms with Crippen LogP contribution in [-0.2, 0) is 0 Å². The van der Waals surface area contributed by atoms with Gasteiger partial charge >= 0.3 is 0 Å². The zero-order valence-electron chi connectivity index (χ0n) is 15.4. The number of carbonyl (C=O) groups is 1. The fraction of sp³-hybridized carbons (Fsp3) is 0.421. The molecule has 1 aliphatic heterocycles. The first-order valence-electron chi connectivity index (χ1n) is 8.92. The van der Waals surface area contributed by atoms with E-state index in [1.54, 1.807) is 25.1 Å². The summed E-state index contributed by atoms with van der Waals surface area (Å²) in [5.74, 6) is 0.529. The van der Waals surface area contributed by atoms with E-state index in [9.17, 15) is 4.79 Å². The number of hydrogen-bond acceptors (Lipinski definition) is 6. The summed E-state index contributed by atoms with van der Waals surface area (Å²) >= 11 is 12.5. The van der Waals surface area contributed by atoms with Crippen LogP contribution in [0.5, 0.6) is 0 Å². The van der Waals surface area contributed by atoms with Gasteiger partial charge in [0.2, 0.25) is 5.95 Å². The highest BCUT2D eigenvalue weighted by molar-refractivity contribution is 6.44. The minimum atomic E-state index is -0.196. The van der Waals surface area contributed by atoms with Gasteiger partial charge in [-0.3, -0.25) is 4.79 Å². The molecule has 0 bridgehead atoms. The van der Waals surface area contributed by atoms with E-state index >= 15 is 0 Å². The van der Waals surface area contributed by atoms with Gasteiger partial charge in [0.25, 0.3) is 0 Å². The van der Waals surface area contributed by atoms with Gasteiger partial charge in [0.15, 0.2) is 5.78 Å². The van der Waals surface area contributed by atoms with Crippen molar-refractivity contribution in [3.8, 4) is 11.1 Å². The van der Waals surface area contributed by atoms with Crippen LogP contribution < -0.4 is 16.4 Å². The number of rotatable bonds is 4. The number of ketones is 1. The Kier molecular flexibility index (Phi) is 5.60.